The maximum Gasteiger partial charge on any atom is 0.255 e. The van der Waals surface area contributed by atoms with Crippen molar-refractivity contribution in [1.82, 2.24) is 4.90 Å². The molecule has 0 saturated heterocycles. The minimum Gasteiger partial charge on any atom is -0.497 e. The van der Waals surface area contributed by atoms with Crippen molar-refractivity contribution in [3.63, 3.8) is 0 Å². The van der Waals surface area contributed by atoms with Crippen molar-refractivity contribution in [2.75, 3.05) is 13.7 Å². The molecule has 0 aromatic heterocycles. The summed E-state index contributed by atoms with van der Waals surface area (Å²) in [5, 5.41) is 0. The molecular weight excluding hydrogens is 409 g/mol. The van der Waals surface area contributed by atoms with Gasteiger partial charge in [0.25, 0.3) is 5.91 Å². The molecule has 0 saturated carbocycles. The third kappa shape index (κ3) is 4.69. The van der Waals surface area contributed by atoms with Crippen LogP contribution in [0.1, 0.15) is 41.4 Å². The second-order valence-corrected chi connectivity index (χ2v) is 7.97. The van der Waals surface area contributed by atoms with E-state index < -0.39 is 0 Å². The van der Waals surface area contributed by atoms with Crippen LogP contribution in [0, 0.1) is 5.82 Å². The highest BCUT2D eigenvalue weighted by atomic mass is 19.1. The topological polar surface area (TPSA) is 48.0 Å². The number of rotatable bonds is 8. The van der Waals surface area contributed by atoms with E-state index in [0.717, 1.165) is 17.1 Å². The van der Waals surface area contributed by atoms with Crippen LogP contribution in [0.4, 0.5) is 4.39 Å². The number of carbonyl (C=O) groups is 1. The van der Waals surface area contributed by atoms with E-state index in [-0.39, 0.29) is 30.5 Å². The fourth-order valence-electron chi connectivity index (χ4n) is 3.82. The molecule has 0 bridgehead atoms. The van der Waals surface area contributed by atoms with E-state index in [0.29, 0.717) is 23.4 Å². The predicted molar refractivity (Wildman–Crippen MR) is 120 cm³/mol. The molecule has 1 heterocycles. The van der Waals surface area contributed by atoms with Gasteiger partial charge < -0.3 is 19.1 Å². The third-order valence-electron chi connectivity index (χ3n) is 5.38. The SMILES string of the molecule is COc1ccc(OCC(c2ccc(OC(C)C)cc2)N2Cc3cc(F)ccc3C2=O)cc1. The zero-order valence-electron chi connectivity index (χ0n) is 18.4. The van der Waals surface area contributed by atoms with Gasteiger partial charge in [0.05, 0.1) is 19.3 Å². The lowest BCUT2D eigenvalue weighted by Gasteiger charge is -2.28. The monoisotopic (exact) mass is 435 g/mol. The standard InChI is InChI=1S/C26H26FNO4/c1-17(2)32-23-7-4-18(5-8-23)25(16-31-22-11-9-21(30-3)10-12-22)28-15-19-14-20(27)6-13-24(19)26(28)29/h4-14,17,25H,15-16H2,1-3H3. The summed E-state index contributed by atoms with van der Waals surface area (Å²) in [5.74, 6) is 1.69. The van der Waals surface area contributed by atoms with Crippen LogP contribution in [0.2, 0.25) is 0 Å². The van der Waals surface area contributed by atoms with Gasteiger partial charge in [0.15, 0.2) is 0 Å². The first-order chi connectivity index (χ1) is 15.4. The summed E-state index contributed by atoms with van der Waals surface area (Å²) < 4.78 is 30.7. The molecule has 1 atom stereocenters. The molecule has 3 aromatic carbocycles. The average Bonchev–Trinajstić information content (AvgIpc) is 3.10. The van der Waals surface area contributed by atoms with E-state index in [1.54, 1.807) is 18.1 Å². The molecule has 0 fully saturated rings. The smallest absolute Gasteiger partial charge is 0.255 e. The van der Waals surface area contributed by atoms with E-state index in [1.807, 2.05) is 62.4 Å². The molecule has 5 nitrogen and oxygen atoms in total. The van der Waals surface area contributed by atoms with Crippen LogP contribution < -0.4 is 14.2 Å². The number of fused-ring (bicyclic) bond motifs is 1. The highest BCUT2D eigenvalue weighted by Gasteiger charge is 2.34. The average molecular weight is 435 g/mol. The molecule has 1 unspecified atom stereocenters. The highest BCUT2D eigenvalue weighted by molar-refractivity contribution is 5.98. The zero-order chi connectivity index (χ0) is 22.7. The molecule has 166 valence electrons. The molecule has 3 aromatic rings. The summed E-state index contributed by atoms with van der Waals surface area (Å²) in [6.45, 7) is 4.52. The fraction of sp³-hybridized carbons (Fsp3) is 0.269. The van der Waals surface area contributed by atoms with Crippen molar-refractivity contribution in [2.45, 2.75) is 32.5 Å². The number of amides is 1. The van der Waals surface area contributed by atoms with Gasteiger partial charge in [-0.3, -0.25) is 4.79 Å². The van der Waals surface area contributed by atoms with Crippen molar-refractivity contribution in [3.05, 3.63) is 89.2 Å². The highest BCUT2D eigenvalue weighted by Crippen LogP contribution is 2.33. The predicted octanol–water partition coefficient (Wildman–Crippen LogP) is 5.40. The maximum atomic E-state index is 13.7. The van der Waals surface area contributed by atoms with Crippen LogP contribution in [0.15, 0.2) is 66.7 Å². The van der Waals surface area contributed by atoms with Gasteiger partial charge in [-0.25, -0.2) is 4.39 Å². The Morgan fingerprint density at radius 2 is 1.59 bits per heavy atom. The van der Waals surface area contributed by atoms with E-state index in [4.69, 9.17) is 14.2 Å². The van der Waals surface area contributed by atoms with Crippen LogP contribution in [-0.2, 0) is 6.54 Å². The van der Waals surface area contributed by atoms with Gasteiger partial charge in [-0.2, -0.15) is 0 Å². The quantitative estimate of drug-likeness (QED) is 0.476. The van der Waals surface area contributed by atoms with Crippen LogP contribution in [0.5, 0.6) is 17.2 Å². The van der Waals surface area contributed by atoms with Gasteiger partial charge >= 0.3 is 0 Å². The third-order valence-corrected chi connectivity index (χ3v) is 5.38. The molecule has 0 spiro atoms. The van der Waals surface area contributed by atoms with Crippen molar-refractivity contribution in [3.8, 4) is 17.2 Å². The van der Waals surface area contributed by atoms with Gasteiger partial charge in [-0.15, -0.1) is 0 Å². The first-order valence-corrected chi connectivity index (χ1v) is 10.6. The second-order valence-electron chi connectivity index (χ2n) is 7.97. The van der Waals surface area contributed by atoms with E-state index >= 15 is 0 Å². The van der Waals surface area contributed by atoms with E-state index in [9.17, 15) is 9.18 Å². The van der Waals surface area contributed by atoms with Crippen molar-refractivity contribution >= 4 is 5.91 Å². The fourth-order valence-corrected chi connectivity index (χ4v) is 3.82. The first kappa shape index (κ1) is 21.7. The van der Waals surface area contributed by atoms with Crippen molar-refractivity contribution < 1.29 is 23.4 Å². The van der Waals surface area contributed by atoms with Crippen molar-refractivity contribution in [1.29, 1.82) is 0 Å². The minimum atomic E-state index is -0.354. The number of halogens is 1. The van der Waals surface area contributed by atoms with Gasteiger partial charge in [-0.1, -0.05) is 12.1 Å². The van der Waals surface area contributed by atoms with Crippen LogP contribution in [-0.4, -0.2) is 30.6 Å². The number of carbonyl (C=O) groups excluding carboxylic acids is 1. The number of methoxy groups -OCH3 is 1. The largest absolute Gasteiger partial charge is 0.497 e. The Balaban J connectivity index is 1.59. The van der Waals surface area contributed by atoms with Gasteiger partial charge in [0.2, 0.25) is 0 Å². The maximum absolute atomic E-state index is 13.7. The Morgan fingerprint density at radius 3 is 2.25 bits per heavy atom. The van der Waals surface area contributed by atoms with Crippen LogP contribution in [0.3, 0.4) is 0 Å². The van der Waals surface area contributed by atoms with Crippen molar-refractivity contribution in [2.24, 2.45) is 0 Å². The summed E-state index contributed by atoms with van der Waals surface area (Å²) >= 11 is 0. The number of nitrogens with zero attached hydrogens (tertiary/aromatic N) is 1. The van der Waals surface area contributed by atoms with Crippen LogP contribution in [0.25, 0.3) is 0 Å². The Morgan fingerprint density at radius 1 is 0.938 bits per heavy atom. The normalized spacial score (nSPS) is 13.8. The molecule has 32 heavy (non-hydrogen) atoms. The Labute approximate surface area is 187 Å². The van der Waals surface area contributed by atoms with Gasteiger partial charge in [0, 0.05) is 12.1 Å². The minimum absolute atomic E-state index is 0.0691. The molecule has 0 N–H and O–H groups in total. The molecule has 1 aliphatic rings. The molecular formula is C26H26FNO4. The van der Waals surface area contributed by atoms with Gasteiger partial charge in [-0.05, 0) is 79.6 Å². The number of hydrogen-bond donors (Lipinski definition) is 0. The summed E-state index contributed by atoms with van der Waals surface area (Å²) in [4.78, 5) is 14.9. The Hall–Kier alpha value is -3.54. The molecule has 4 rings (SSSR count). The lowest BCUT2D eigenvalue weighted by atomic mass is 10.1. The van der Waals surface area contributed by atoms with E-state index in [2.05, 4.69) is 0 Å². The molecule has 1 amide bonds. The summed E-state index contributed by atoms with van der Waals surface area (Å²) in [6, 6.07) is 18.9. The molecule has 1 aliphatic heterocycles. The summed E-state index contributed by atoms with van der Waals surface area (Å²) in [5.41, 5.74) is 2.13. The number of benzene rings is 3. The zero-order valence-corrected chi connectivity index (χ0v) is 18.4. The summed E-state index contributed by atoms with van der Waals surface area (Å²) in [7, 11) is 1.61. The number of ether oxygens (including phenoxy) is 3. The molecule has 6 heteroatoms. The van der Waals surface area contributed by atoms with E-state index in [1.165, 1.54) is 12.1 Å². The second kappa shape index (κ2) is 9.30. The van der Waals surface area contributed by atoms with Crippen LogP contribution >= 0.6 is 0 Å². The Bertz CT molecular complexity index is 1080. The Kier molecular flexibility index (Phi) is 6.30. The molecule has 0 aliphatic carbocycles. The first-order valence-electron chi connectivity index (χ1n) is 10.6. The molecule has 0 radical (unpaired) electrons. The number of hydrogen-bond acceptors (Lipinski definition) is 4. The summed E-state index contributed by atoms with van der Waals surface area (Å²) in [6.07, 6.45) is 0.0691. The lowest BCUT2D eigenvalue weighted by molar-refractivity contribution is 0.0635. The lowest BCUT2D eigenvalue weighted by Crippen LogP contribution is -2.33. The van der Waals surface area contributed by atoms with Gasteiger partial charge in [0.1, 0.15) is 29.7 Å².